The second kappa shape index (κ2) is 8.25. The zero-order valence-electron chi connectivity index (χ0n) is 15.4. The van der Waals surface area contributed by atoms with E-state index in [1.165, 1.54) is 18.0 Å². The summed E-state index contributed by atoms with van der Waals surface area (Å²) in [6, 6.07) is 7.04. The van der Waals surface area contributed by atoms with Crippen LogP contribution in [0.25, 0.3) is 10.1 Å². The number of likely N-dealkylation sites (tertiary alicyclic amines) is 1. The molecule has 27 heavy (non-hydrogen) atoms. The molecule has 6 nitrogen and oxygen atoms in total. The van der Waals surface area contributed by atoms with Crippen molar-refractivity contribution < 1.29 is 9.59 Å². The van der Waals surface area contributed by atoms with Crippen LogP contribution in [0.15, 0.2) is 24.3 Å². The van der Waals surface area contributed by atoms with Gasteiger partial charge in [-0.15, -0.1) is 0 Å². The van der Waals surface area contributed by atoms with E-state index in [1.54, 1.807) is 0 Å². The number of amides is 3. The molecule has 1 aromatic carbocycles. The first-order valence-electron chi connectivity index (χ1n) is 9.93. The maximum atomic E-state index is 13.1. The van der Waals surface area contributed by atoms with Crippen LogP contribution >= 0.6 is 11.5 Å². The van der Waals surface area contributed by atoms with Crippen molar-refractivity contribution in [1.29, 1.82) is 0 Å². The van der Waals surface area contributed by atoms with Gasteiger partial charge in [0.25, 0.3) is 0 Å². The molecule has 1 saturated carbocycles. The Bertz CT molecular complexity index is 809. The maximum Gasteiger partial charge on any atom is 0.321 e. The van der Waals surface area contributed by atoms with Crippen LogP contribution < -0.4 is 10.6 Å². The monoisotopic (exact) mass is 386 g/mol. The first-order chi connectivity index (χ1) is 13.2. The van der Waals surface area contributed by atoms with Crippen LogP contribution in [0, 0.1) is 5.92 Å². The van der Waals surface area contributed by atoms with Crippen LogP contribution in [-0.2, 0) is 4.79 Å². The molecule has 1 aliphatic carbocycles. The molecule has 0 spiro atoms. The summed E-state index contributed by atoms with van der Waals surface area (Å²) in [6.45, 7) is 1.62. The summed E-state index contributed by atoms with van der Waals surface area (Å²) in [6.07, 6.45) is 7.61. The lowest BCUT2D eigenvalue weighted by Gasteiger charge is -2.32. The average Bonchev–Trinajstić information content (AvgIpc) is 3.37. The Labute approximate surface area is 163 Å². The molecule has 0 radical (unpaired) electrons. The van der Waals surface area contributed by atoms with Crippen LogP contribution in [0.2, 0.25) is 0 Å². The molecular formula is C20H26N4O2S. The van der Waals surface area contributed by atoms with E-state index in [0.29, 0.717) is 5.82 Å². The lowest BCUT2D eigenvalue weighted by atomic mass is 9.83. The van der Waals surface area contributed by atoms with Gasteiger partial charge in [0.1, 0.15) is 6.04 Å². The van der Waals surface area contributed by atoms with Crippen molar-refractivity contribution in [2.24, 2.45) is 5.92 Å². The molecule has 144 valence electrons. The molecule has 2 N–H and O–H groups in total. The number of carbonyl (C=O) groups excluding carboxylic acids is 2. The summed E-state index contributed by atoms with van der Waals surface area (Å²) in [4.78, 5) is 27.7. The number of anilines is 1. The third kappa shape index (κ3) is 4.08. The van der Waals surface area contributed by atoms with Gasteiger partial charge in [-0.1, -0.05) is 31.4 Å². The molecule has 3 amide bonds. The Hall–Kier alpha value is -2.15. The van der Waals surface area contributed by atoms with Gasteiger partial charge < -0.3 is 10.2 Å². The first-order valence-corrected chi connectivity index (χ1v) is 10.7. The lowest BCUT2D eigenvalue weighted by molar-refractivity contribution is -0.133. The van der Waals surface area contributed by atoms with Crippen LogP contribution in [0.5, 0.6) is 0 Å². The maximum absolute atomic E-state index is 13.1. The Balaban J connectivity index is 1.47. The Morgan fingerprint density at radius 3 is 2.59 bits per heavy atom. The molecule has 2 heterocycles. The summed E-state index contributed by atoms with van der Waals surface area (Å²) < 4.78 is 5.38. The van der Waals surface area contributed by atoms with Gasteiger partial charge in [0.2, 0.25) is 5.91 Å². The van der Waals surface area contributed by atoms with E-state index in [-0.39, 0.29) is 17.9 Å². The predicted octanol–water partition coefficient (Wildman–Crippen LogP) is 3.99. The van der Waals surface area contributed by atoms with Gasteiger partial charge >= 0.3 is 6.03 Å². The van der Waals surface area contributed by atoms with Crippen molar-refractivity contribution in [1.82, 2.24) is 14.6 Å². The molecule has 1 atom stereocenters. The van der Waals surface area contributed by atoms with Gasteiger partial charge in [-0.05, 0) is 55.3 Å². The van der Waals surface area contributed by atoms with Gasteiger partial charge in [0, 0.05) is 18.5 Å². The molecular weight excluding hydrogens is 360 g/mol. The zero-order chi connectivity index (χ0) is 18.6. The number of hydrogen-bond donors (Lipinski definition) is 2. The van der Waals surface area contributed by atoms with E-state index in [2.05, 4.69) is 15.0 Å². The number of nitrogens with zero attached hydrogens (tertiary/aromatic N) is 2. The number of aromatic nitrogens is 1. The van der Waals surface area contributed by atoms with E-state index < -0.39 is 6.04 Å². The standard InChI is InChI=1S/C20H26N4O2S/c25-19(24-12-6-7-13-24)17(14-8-2-1-3-9-14)21-20(26)22-18-15-10-4-5-11-16(15)27-23-18/h4-5,10-11,14,17H,1-3,6-9,12-13H2,(H2,21,22,23,26)/t17-/m0/s1. The molecule has 4 rings (SSSR count). The highest BCUT2D eigenvalue weighted by Gasteiger charge is 2.34. The minimum absolute atomic E-state index is 0.0812. The number of nitrogens with one attached hydrogen (secondary N) is 2. The fraction of sp³-hybridized carbons (Fsp3) is 0.550. The van der Waals surface area contributed by atoms with Crippen molar-refractivity contribution in [2.45, 2.75) is 51.0 Å². The number of carbonyl (C=O) groups is 2. The molecule has 2 aromatic rings. The Morgan fingerprint density at radius 1 is 1.07 bits per heavy atom. The normalized spacial score (nSPS) is 19.2. The number of fused-ring (bicyclic) bond motifs is 1. The topological polar surface area (TPSA) is 74.3 Å². The summed E-state index contributed by atoms with van der Waals surface area (Å²) in [5.41, 5.74) is 0. The second-order valence-electron chi connectivity index (χ2n) is 7.53. The third-order valence-electron chi connectivity index (χ3n) is 5.70. The van der Waals surface area contributed by atoms with Crippen molar-refractivity contribution in [3.8, 4) is 0 Å². The number of rotatable bonds is 4. The molecule has 1 aliphatic heterocycles. The fourth-order valence-electron chi connectivity index (χ4n) is 4.24. The molecule has 2 aliphatic rings. The SMILES string of the molecule is O=C(Nc1nsc2ccccc12)N[C@H](C(=O)N1CCCC1)C1CCCCC1. The minimum atomic E-state index is -0.437. The third-order valence-corrected chi connectivity index (χ3v) is 6.53. The van der Waals surface area contributed by atoms with E-state index in [4.69, 9.17) is 0 Å². The van der Waals surface area contributed by atoms with Crippen LogP contribution in [0.3, 0.4) is 0 Å². The van der Waals surface area contributed by atoms with E-state index in [1.807, 2.05) is 29.2 Å². The van der Waals surface area contributed by atoms with Crippen LogP contribution in [0.4, 0.5) is 10.6 Å². The number of hydrogen-bond acceptors (Lipinski definition) is 4. The van der Waals surface area contributed by atoms with Crippen LogP contribution in [-0.4, -0.2) is 40.3 Å². The van der Waals surface area contributed by atoms with Gasteiger partial charge in [0.05, 0.1) is 4.70 Å². The molecule has 7 heteroatoms. The van der Waals surface area contributed by atoms with Crippen molar-refractivity contribution in [3.05, 3.63) is 24.3 Å². The summed E-state index contributed by atoms with van der Waals surface area (Å²) in [5, 5.41) is 6.78. The first kappa shape index (κ1) is 18.2. The van der Waals surface area contributed by atoms with Crippen molar-refractivity contribution in [3.63, 3.8) is 0 Å². The molecule has 1 saturated heterocycles. The van der Waals surface area contributed by atoms with Gasteiger partial charge in [-0.3, -0.25) is 10.1 Å². The van der Waals surface area contributed by atoms with Gasteiger partial charge in [0.15, 0.2) is 5.82 Å². The summed E-state index contributed by atoms with van der Waals surface area (Å²) in [5.74, 6) is 0.867. The van der Waals surface area contributed by atoms with Crippen molar-refractivity contribution >= 4 is 39.4 Å². The quantitative estimate of drug-likeness (QED) is 0.834. The molecule has 1 aromatic heterocycles. The Kier molecular flexibility index (Phi) is 5.57. The second-order valence-corrected chi connectivity index (χ2v) is 8.34. The van der Waals surface area contributed by atoms with Gasteiger partial charge in [-0.25, -0.2) is 4.79 Å². The van der Waals surface area contributed by atoms with E-state index >= 15 is 0 Å². The van der Waals surface area contributed by atoms with Crippen LogP contribution in [0.1, 0.15) is 44.9 Å². The number of urea groups is 1. The number of benzene rings is 1. The lowest BCUT2D eigenvalue weighted by Crippen LogP contribution is -2.53. The average molecular weight is 387 g/mol. The van der Waals surface area contributed by atoms with Crippen molar-refractivity contribution in [2.75, 3.05) is 18.4 Å². The fourth-order valence-corrected chi connectivity index (χ4v) is 4.98. The summed E-state index contributed by atoms with van der Waals surface area (Å²) >= 11 is 1.36. The minimum Gasteiger partial charge on any atom is -0.341 e. The highest BCUT2D eigenvalue weighted by atomic mass is 32.1. The molecule has 0 bridgehead atoms. The highest BCUT2D eigenvalue weighted by Crippen LogP contribution is 2.29. The summed E-state index contributed by atoms with van der Waals surface area (Å²) in [7, 11) is 0. The van der Waals surface area contributed by atoms with E-state index in [0.717, 1.165) is 61.7 Å². The zero-order valence-corrected chi connectivity index (χ0v) is 16.3. The van der Waals surface area contributed by atoms with Gasteiger partial charge in [-0.2, -0.15) is 4.37 Å². The molecule has 0 unspecified atom stereocenters. The highest BCUT2D eigenvalue weighted by molar-refractivity contribution is 7.13. The largest absolute Gasteiger partial charge is 0.341 e. The molecule has 2 fully saturated rings. The predicted molar refractivity (Wildman–Crippen MR) is 108 cm³/mol. The smallest absolute Gasteiger partial charge is 0.321 e. The Morgan fingerprint density at radius 2 is 1.81 bits per heavy atom. The van der Waals surface area contributed by atoms with E-state index in [9.17, 15) is 9.59 Å².